The zero-order valence-corrected chi connectivity index (χ0v) is 21.9. The standard InChI is InChI=1S/C28H29Cl2N3O3/c1-3-16-36-23-9-6-20(7-10-23)28(35)33-14-12-32(13-15-33)26-11-8-22(18-25(26)30)31-27(34)21-5-4-19(2)24(29)17-21/h4-11,17-18H,3,12-16H2,1-2H3,(H,31,34). The molecule has 1 aliphatic heterocycles. The molecule has 6 nitrogen and oxygen atoms in total. The molecule has 2 amide bonds. The van der Waals surface area contributed by atoms with Crippen LogP contribution >= 0.6 is 23.2 Å². The van der Waals surface area contributed by atoms with Crippen LogP contribution in [0.25, 0.3) is 0 Å². The minimum absolute atomic E-state index is 0.0112. The summed E-state index contributed by atoms with van der Waals surface area (Å²) in [6.07, 6.45) is 0.940. The van der Waals surface area contributed by atoms with Gasteiger partial charge in [0.1, 0.15) is 5.75 Å². The lowest BCUT2D eigenvalue weighted by Crippen LogP contribution is -2.48. The Kier molecular flexibility index (Phi) is 8.39. The third-order valence-electron chi connectivity index (χ3n) is 6.12. The van der Waals surface area contributed by atoms with Crippen molar-refractivity contribution < 1.29 is 14.3 Å². The van der Waals surface area contributed by atoms with E-state index in [0.29, 0.717) is 59.6 Å². The lowest BCUT2D eigenvalue weighted by atomic mass is 10.1. The number of ether oxygens (including phenoxy) is 1. The number of rotatable bonds is 7. The van der Waals surface area contributed by atoms with Crippen LogP contribution < -0.4 is 15.0 Å². The summed E-state index contributed by atoms with van der Waals surface area (Å²) in [5.41, 5.74) is 3.52. The zero-order valence-electron chi connectivity index (χ0n) is 20.4. The van der Waals surface area contributed by atoms with Crippen molar-refractivity contribution in [3.63, 3.8) is 0 Å². The van der Waals surface area contributed by atoms with Gasteiger partial charge in [-0.15, -0.1) is 0 Å². The fraction of sp³-hybridized carbons (Fsp3) is 0.286. The molecule has 188 valence electrons. The number of halogens is 2. The van der Waals surface area contributed by atoms with Crippen LogP contribution in [0.2, 0.25) is 10.0 Å². The predicted octanol–water partition coefficient (Wildman–Crippen LogP) is 6.31. The van der Waals surface area contributed by atoms with E-state index in [1.165, 1.54) is 0 Å². The molecule has 0 radical (unpaired) electrons. The Hall–Kier alpha value is -3.22. The number of carbonyl (C=O) groups is 2. The second kappa shape index (κ2) is 11.7. The van der Waals surface area contributed by atoms with Gasteiger partial charge in [-0.05, 0) is 73.5 Å². The number of anilines is 2. The van der Waals surface area contributed by atoms with Crippen molar-refractivity contribution in [2.75, 3.05) is 43.0 Å². The van der Waals surface area contributed by atoms with Gasteiger partial charge >= 0.3 is 0 Å². The maximum Gasteiger partial charge on any atom is 0.255 e. The molecule has 8 heteroatoms. The van der Waals surface area contributed by atoms with Gasteiger partial charge in [-0.25, -0.2) is 0 Å². The van der Waals surface area contributed by atoms with Crippen LogP contribution in [0.15, 0.2) is 60.7 Å². The second-order valence-electron chi connectivity index (χ2n) is 8.74. The van der Waals surface area contributed by atoms with E-state index in [1.807, 2.05) is 54.3 Å². The number of amides is 2. The molecule has 0 spiro atoms. The molecule has 1 N–H and O–H groups in total. The maximum atomic E-state index is 12.9. The van der Waals surface area contributed by atoms with Crippen LogP contribution in [0.1, 0.15) is 39.6 Å². The van der Waals surface area contributed by atoms with E-state index in [-0.39, 0.29) is 11.8 Å². The van der Waals surface area contributed by atoms with Gasteiger partial charge in [-0.3, -0.25) is 9.59 Å². The smallest absolute Gasteiger partial charge is 0.255 e. The summed E-state index contributed by atoms with van der Waals surface area (Å²) in [6, 6.07) is 18.0. The highest BCUT2D eigenvalue weighted by molar-refractivity contribution is 6.33. The average molecular weight is 526 g/mol. The largest absolute Gasteiger partial charge is 0.494 e. The van der Waals surface area contributed by atoms with Crippen molar-refractivity contribution in [1.29, 1.82) is 0 Å². The topological polar surface area (TPSA) is 61.9 Å². The summed E-state index contributed by atoms with van der Waals surface area (Å²) in [5, 5.41) is 3.96. The highest BCUT2D eigenvalue weighted by Crippen LogP contribution is 2.30. The third kappa shape index (κ3) is 6.12. The summed E-state index contributed by atoms with van der Waals surface area (Å²) in [5.74, 6) is 0.532. The van der Waals surface area contributed by atoms with Crippen molar-refractivity contribution >= 4 is 46.4 Å². The molecule has 0 aromatic heterocycles. The monoisotopic (exact) mass is 525 g/mol. The minimum atomic E-state index is -0.252. The lowest BCUT2D eigenvalue weighted by Gasteiger charge is -2.36. The molecule has 1 fully saturated rings. The van der Waals surface area contributed by atoms with Crippen molar-refractivity contribution in [1.82, 2.24) is 4.90 Å². The quantitative estimate of drug-likeness (QED) is 0.392. The number of aryl methyl sites for hydroxylation is 1. The summed E-state index contributed by atoms with van der Waals surface area (Å²) in [6.45, 7) is 7.12. The zero-order chi connectivity index (χ0) is 25.7. The van der Waals surface area contributed by atoms with Crippen LogP contribution in [0, 0.1) is 6.92 Å². The number of nitrogens with zero attached hydrogens (tertiary/aromatic N) is 2. The first-order valence-corrected chi connectivity index (χ1v) is 12.8. The normalized spacial score (nSPS) is 13.4. The van der Waals surface area contributed by atoms with E-state index >= 15 is 0 Å². The number of hydrogen-bond acceptors (Lipinski definition) is 4. The molecule has 4 rings (SSSR count). The van der Waals surface area contributed by atoms with Crippen molar-refractivity contribution in [3.05, 3.63) is 87.4 Å². The van der Waals surface area contributed by atoms with Gasteiger partial charge in [-0.1, -0.05) is 36.2 Å². The first-order valence-electron chi connectivity index (χ1n) is 12.0. The predicted molar refractivity (Wildman–Crippen MR) is 146 cm³/mol. The maximum absolute atomic E-state index is 12.9. The molecule has 36 heavy (non-hydrogen) atoms. The van der Waals surface area contributed by atoms with E-state index < -0.39 is 0 Å². The van der Waals surface area contributed by atoms with E-state index in [4.69, 9.17) is 27.9 Å². The molecule has 1 heterocycles. The van der Waals surface area contributed by atoms with Gasteiger partial charge in [-0.2, -0.15) is 0 Å². The van der Waals surface area contributed by atoms with E-state index in [0.717, 1.165) is 23.4 Å². The second-order valence-corrected chi connectivity index (χ2v) is 9.55. The summed E-state index contributed by atoms with van der Waals surface area (Å²) < 4.78 is 5.60. The molecular formula is C28H29Cl2N3O3. The fourth-order valence-electron chi connectivity index (χ4n) is 4.03. The molecule has 0 bridgehead atoms. The van der Waals surface area contributed by atoms with Gasteiger partial charge in [0.05, 0.1) is 17.3 Å². The average Bonchev–Trinajstić information content (AvgIpc) is 2.89. The van der Waals surface area contributed by atoms with Gasteiger partial charge < -0.3 is 19.9 Å². The number of benzene rings is 3. The molecular weight excluding hydrogens is 497 g/mol. The molecule has 0 atom stereocenters. The Morgan fingerprint density at radius 1 is 0.889 bits per heavy atom. The summed E-state index contributed by atoms with van der Waals surface area (Å²) in [4.78, 5) is 29.5. The van der Waals surface area contributed by atoms with Crippen LogP contribution in [0.4, 0.5) is 11.4 Å². The third-order valence-corrected chi connectivity index (χ3v) is 6.83. The van der Waals surface area contributed by atoms with Gasteiger partial charge in [0.25, 0.3) is 11.8 Å². The number of nitrogens with one attached hydrogen (secondary N) is 1. The highest BCUT2D eigenvalue weighted by Gasteiger charge is 2.23. The van der Waals surface area contributed by atoms with Gasteiger partial charge in [0.15, 0.2) is 0 Å². The van der Waals surface area contributed by atoms with Crippen LogP contribution in [0.3, 0.4) is 0 Å². The van der Waals surface area contributed by atoms with E-state index in [2.05, 4.69) is 17.1 Å². The fourth-order valence-corrected chi connectivity index (χ4v) is 4.51. The molecule has 0 aliphatic carbocycles. The summed E-state index contributed by atoms with van der Waals surface area (Å²) in [7, 11) is 0. The number of hydrogen-bond donors (Lipinski definition) is 1. The Morgan fingerprint density at radius 3 is 2.22 bits per heavy atom. The minimum Gasteiger partial charge on any atom is -0.494 e. The first-order chi connectivity index (χ1) is 17.4. The van der Waals surface area contributed by atoms with Crippen molar-refractivity contribution in [3.8, 4) is 5.75 Å². The van der Waals surface area contributed by atoms with Crippen molar-refractivity contribution in [2.24, 2.45) is 0 Å². The molecule has 0 unspecified atom stereocenters. The Bertz CT molecular complexity index is 1240. The van der Waals surface area contributed by atoms with Crippen molar-refractivity contribution in [2.45, 2.75) is 20.3 Å². The molecule has 1 aliphatic rings. The van der Waals surface area contributed by atoms with E-state index in [1.54, 1.807) is 18.2 Å². The lowest BCUT2D eigenvalue weighted by molar-refractivity contribution is 0.0746. The molecule has 0 saturated carbocycles. The molecule has 3 aromatic carbocycles. The van der Waals surface area contributed by atoms with E-state index in [9.17, 15) is 9.59 Å². The SMILES string of the molecule is CCCOc1ccc(C(=O)N2CCN(c3ccc(NC(=O)c4ccc(C)c(Cl)c4)cc3Cl)CC2)cc1. The van der Waals surface area contributed by atoms with Gasteiger partial charge in [0, 0.05) is 48.0 Å². The Labute approximate surface area is 221 Å². The number of piperazine rings is 1. The Balaban J connectivity index is 1.34. The molecule has 3 aromatic rings. The molecule has 1 saturated heterocycles. The highest BCUT2D eigenvalue weighted by atomic mass is 35.5. The van der Waals surface area contributed by atoms with Gasteiger partial charge in [0.2, 0.25) is 0 Å². The van der Waals surface area contributed by atoms with Crippen LogP contribution in [0.5, 0.6) is 5.75 Å². The Morgan fingerprint density at radius 2 is 1.58 bits per heavy atom. The summed E-state index contributed by atoms with van der Waals surface area (Å²) >= 11 is 12.7. The van der Waals surface area contributed by atoms with Crippen LogP contribution in [-0.4, -0.2) is 49.5 Å². The number of carbonyl (C=O) groups excluding carboxylic acids is 2. The van der Waals surface area contributed by atoms with Crippen LogP contribution in [-0.2, 0) is 0 Å². The first kappa shape index (κ1) is 25.9.